The number of rotatable bonds is 10. The molecule has 1 aliphatic heterocycles. The second kappa shape index (κ2) is 11.3. The fraction of sp³-hybridized carbons (Fsp3) is 0.588. The molecule has 1 heterocycles. The molecule has 2 unspecified atom stereocenters. The molecule has 0 aliphatic carbocycles. The summed E-state index contributed by atoms with van der Waals surface area (Å²) in [6.45, 7) is -0.567. The van der Waals surface area contributed by atoms with Gasteiger partial charge in [-0.05, 0) is 0 Å². The van der Waals surface area contributed by atoms with Gasteiger partial charge in [0.1, 0.15) is 0 Å². The molecule has 0 spiro atoms. The Balaban J connectivity index is 1.99. The molecule has 1 aromatic rings. The summed E-state index contributed by atoms with van der Waals surface area (Å²) in [5.41, 5.74) is 1.15. The zero-order chi connectivity index (χ0) is 21.4. The van der Waals surface area contributed by atoms with E-state index in [0.29, 0.717) is 12.8 Å². The fourth-order valence-corrected chi connectivity index (χ4v) is 5.38. The van der Waals surface area contributed by atoms with Crippen molar-refractivity contribution in [2.24, 2.45) is 5.16 Å². The van der Waals surface area contributed by atoms with Crippen molar-refractivity contribution in [3.8, 4) is 0 Å². The third-order valence-electron chi connectivity index (χ3n) is 4.28. The van der Waals surface area contributed by atoms with E-state index in [1.165, 1.54) is 0 Å². The monoisotopic (exact) mass is 499 g/mol. The molecule has 10 nitrogen and oxygen atoms in total. The Bertz CT molecular complexity index is 759. The number of oxime groups is 1. The molecule has 2 rings (SSSR count). The SMILES string of the molecule is O=S(=O)(O)O/N=C(/CCCCc1ccccc1)[Se][C@H]1OC(CO)C(O)[C@H](O)[C@H]1O. The van der Waals surface area contributed by atoms with Gasteiger partial charge in [0, 0.05) is 0 Å². The van der Waals surface area contributed by atoms with Crippen molar-refractivity contribution in [3.63, 3.8) is 0 Å². The summed E-state index contributed by atoms with van der Waals surface area (Å²) in [5, 5.41) is 41.6. The van der Waals surface area contributed by atoms with Gasteiger partial charge in [-0.2, -0.15) is 0 Å². The van der Waals surface area contributed by atoms with E-state index in [4.69, 9.17) is 9.29 Å². The van der Waals surface area contributed by atoms with Crippen molar-refractivity contribution in [1.82, 2.24) is 0 Å². The molecule has 0 amide bonds. The topological polar surface area (TPSA) is 166 Å². The van der Waals surface area contributed by atoms with Crippen LogP contribution in [0, 0.1) is 0 Å². The Labute approximate surface area is 175 Å². The first-order valence-corrected chi connectivity index (χ1v) is 12.2. The molecular weight excluding hydrogens is 473 g/mol. The van der Waals surface area contributed by atoms with Gasteiger partial charge in [-0.1, -0.05) is 0 Å². The molecule has 1 saturated heterocycles. The molecule has 29 heavy (non-hydrogen) atoms. The number of aliphatic hydroxyl groups excluding tert-OH is 4. The molecule has 0 radical (unpaired) electrons. The quantitative estimate of drug-likeness (QED) is 0.0898. The fourth-order valence-electron chi connectivity index (χ4n) is 2.76. The predicted molar refractivity (Wildman–Crippen MR) is 104 cm³/mol. The normalized spacial score (nSPS) is 28.3. The third-order valence-corrected chi connectivity index (χ3v) is 7.01. The van der Waals surface area contributed by atoms with Crippen LogP contribution in [0.5, 0.6) is 0 Å². The van der Waals surface area contributed by atoms with Crippen LogP contribution in [0.1, 0.15) is 24.8 Å². The number of unbranched alkanes of at least 4 members (excludes halogenated alkanes) is 1. The van der Waals surface area contributed by atoms with Crippen LogP contribution in [-0.2, 0) is 25.8 Å². The van der Waals surface area contributed by atoms with Crippen molar-refractivity contribution in [3.05, 3.63) is 35.9 Å². The number of aliphatic hydroxyl groups is 4. The van der Waals surface area contributed by atoms with E-state index in [1.54, 1.807) is 0 Å². The predicted octanol–water partition coefficient (Wildman–Crippen LogP) is -0.964. The average molecular weight is 498 g/mol. The summed E-state index contributed by atoms with van der Waals surface area (Å²) >= 11 is -0.800. The van der Waals surface area contributed by atoms with E-state index in [2.05, 4.69) is 9.44 Å². The van der Waals surface area contributed by atoms with Gasteiger partial charge in [-0.15, -0.1) is 0 Å². The van der Waals surface area contributed by atoms with Gasteiger partial charge in [0.05, 0.1) is 0 Å². The third kappa shape index (κ3) is 7.93. The van der Waals surface area contributed by atoms with Gasteiger partial charge in [-0.25, -0.2) is 0 Å². The number of ether oxygens (including phenoxy) is 1. The van der Waals surface area contributed by atoms with E-state index in [1.807, 2.05) is 30.3 Å². The van der Waals surface area contributed by atoms with Gasteiger partial charge in [0.2, 0.25) is 0 Å². The zero-order valence-corrected chi connectivity index (χ0v) is 18.0. The summed E-state index contributed by atoms with van der Waals surface area (Å²) < 4.78 is 40.3. The van der Waals surface area contributed by atoms with Crippen molar-refractivity contribution < 1.29 is 42.4 Å². The minimum absolute atomic E-state index is 0.243. The maximum atomic E-state index is 10.8. The Morgan fingerprint density at radius 2 is 1.79 bits per heavy atom. The standard InChI is InChI=1S/C17H25NO9SSe/c19-10-12-14(20)15(21)16(22)17(26-12)29-13(18-27-28(23,24)25)9-5-4-8-11-6-2-1-3-7-11/h1-3,6-7,12,14-17,19-22H,4-5,8-10H2,(H,23,24,25)/b18-13-/t12?,14?,15-,16+,17+/m0/s1. The first-order valence-electron chi connectivity index (χ1n) is 8.95. The molecule has 0 saturated carbocycles. The number of hydrogen-bond acceptors (Lipinski definition) is 9. The van der Waals surface area contributed by atoms with Gasteiger partial charge < -0.3 is 0 Å². The Hall–Kier alpha value is -1.08. The second-order valence-electron chi connectivity index (χ2n) is 6.50. The van der Waals surface area contributed by atoms with Crippen molar-refractivity contribution in [1.29, 1.82) is 0 Å². The first-order chi connectivity index (χ1) is 13.7. The minimum atomic E-state index is -4.79. The van der Waals surface area contributed by atoms with Crippen LogP contribution in [0.2, 0.25) is 0 Å². The Morgan fingerprint density at radius 1 is 1.10 bits per heavy atom. The van der Waals surface area contributed by atoms with Crippen LogP contribution >= 0.6 is 0 Å². The van der Waals surface area contributed by atoms with Crippen molar-refractivity contribution in [2.45, 2.75) is 55.1 Å². The molecule has 164 valence electrons. The second-order valence-corrected chi connectivity index (χ2v) is 9.96. The van der Waals surface area contributed by atoms with Crippen molar-refractivity contribution >= 4 is 30.0 Å². The summed E-state index contributed by atoms with van der Waals surface area (Å²) in [7, 11) is -4.79. The summed E-state index contributed by atoms with van der Waals surface area (Å²) in [6.07, 6.45) is -3.01. The molecule has 0 bridgehead atoms. The molecular formula is C17H25NO9SSe. The maximum absolute atomic E-state index is 10.8. The zero-order valence-electron chi connectivity index (χ0n) is 15.4. The van der Waals surface area contributed by atoms with Crippen LogP contribution in [0.4, 0.5) is 0 Å². The summed E-state index contributed by atoms with van der Waals surface area (Å²) in [6, 6.07) is 9.78. The average Bonchev–Trinajstić information content (AvgIpc) is 2.69. The Kier molecular flexibility index (Phi) is 9.47. The molecule has 0 aromatic heterocycles. The molecule has 1 aliphatic rings. The summed E-state index contributed by atoms with van der Waals surface area (Å²) in [5.74, 6) is 0. The molecule has 5 atom stereocenters. The molecule has 1 aromatic carbocycles. The number of aryl methyl sites for hydroxylation is 1. The van der Waals surface area contributed by atoms with Gasteiger partial charge >= 0.3 is 175 Å². The van der Waals surface area contributed by atoms with E-state index >= 15 is 0 Å². The molecule has 1 fully saturated rings. The van der Waals surface area contributed by atoms with Crippen LogP contribution in [0.3, 0.4) is 0 Å². The summed E-state index contributed by atoms with van der Waals surface area (Å²) in [4.78, 5) is 0. The van der Waals surface area contributed by atoms with E-state index in [0.717, 1.165) is 18.4 Å². The van der Waals surface area contributed by atoms with E-state index in [9.17, 15) is 28.8 Å². The number of nitrogens with zero attached hydrogens (tertiary/aromatic N) is 1. The number of hydrogen-bond donors (Lipinski definition) is 5. The van der Waals surface area contributed by atoms with Crippen LogP contribution < -0.4 is 0 Å². The molecule has 12 heteroatoms. The van der Waals surface area contributed by atoms with E-state index in [-0.39, 0.29) is 4.61 Å². The molecule has 5 N–H and O–H groups in total. The van der Waals surface area contributed by atoms with Crippen molar-refractivity contribution in [2.75, 3.05) is 6.61 Å². The Morgan fingerprint density at radius 3 is 2.41 bits per heavy atom. The van der Waals surface area contributed by atoms with Crippen LogP contribution in [0.15, 0.2) is 35.5 Å². The van der Waals surface area contributed by atoms with E-state index < -0.39 is 61.4 Å². The van der Waals surface area contributed by atoms with Gasteiger partial charge in [0.15, 0.2) is 0 Å². The van der Waals surface area contributed by atoms with Crippen LogP contribution in [-0.4, -0.2) is 89.0 Å². The van der Waals surface area contributed by atoms with Gasteiger partial charge in [0.25, 0.3) is 0 Å². The number of benzene rings is 1. The van der Waals surface area contributed by atoms with Crippen LogP contribution in [0.25, 0.3) is 0 Å². The first kappa shape index (κ1) is 24.2. The van der Waals surface area contributed by atoms with Gasteiger partial charge in [-0.3, -0.25) is 0 Å².